The minimum Gasteiger partial charge on any atom is -0.481 e. The Balaban J connectivity index is 2.05. The third-order valence-corrected chi connectivity index (χ3v) is 3.11. The zero-order valence-electron chi connectivity index (χ0n) is 9.20. The molecule has 0 radical (unpaired) electrons. The van der Waals surface area contributed by atoms with Crippen molar-refractivity contribution in [2.75, 3.05) is 0 Å². The molecule has 7 heteroatoms. The van der Waals surface area contributed by atoms with E-state index in [9.17, 15) is 14.9 Å². The Labute approximate surface area is 97.2 Å². The quantitative estimate of drug-likeness (QED) is 0.629. The summed E-state index contributed by atoms with van der Waals surface area (Å²) < 4.78 is 1.77. The molecule has 1 aliphatic rings. The number of fused-ring (bicyclic) bond motifs is 1. The fraction of sp³-hybridized carbons (Fsp3) is 0.600. The number of imidazole rings is 1. The van der Waals surface area contributed by atoms with Crippen LogP contribution in [-0.2, 0) is 17.8 Å². The smallest absolute Gasteiger partial charge is 0.384 e. The summed E-state index contributed by atoms with van der Waals surface area (Å²) in [6.45, 7) is 0.628. The lowest BCUT2D eigenvalue weighted by Gasteiger charge is -2.22. The van der Waals surface area contributed by atoms with Crippen molar-refractivity contribution in [3.8, 4) is 0 Å². The highest BCUT2D eigenvalue weighted by Gasteiger charge is 2.27. The van der Waals surface area contributed by atoms with E-state index in [0.29, 0.717) is 25.1 Å². The van der Waals surface area contributed by atoms with Gasteiger partial charge in [-0.15, -0.1) is 0 Å². The Bertz CT molecular complexity index is 454. The summed E-state index contributed by atoms with van der Waals surface area (Å²) in [6.07, 6.45) is 3.62. The van der Waals surface area contributed by atoms with Crippen molar-refractivity contribution in [3.05, 3.63) is 22.1 Å². The van der Waals surface area contributed by atoms with Crippen LogP contribution in [0, 0.1) is 16.0 Å². The van der Waals surface area contributed by atoms with Gasteiger partial charge in [-0.05, 0) is 35.1 Å². The molecule has 17 heavy (non-hydrogen) atoms. The van der Waals surface area contributed by atoms with E-state index >= 15 is 0 Å². The number of aliphatic carboxylic acids is 1. The van der Waals surface area contributed by atoms with Crippen molar-refractivity contribution in [3.63, 3.8) is 0 Å². The fourth-order valence-electron chi connectivity index (χ4n) is 2.24. The molecule has 2 heterocycles. The molecule has 1 atom stereocenters. The number of rotatable bonds is 4. The Morgan fingerprint density at radius 1 is 1.71 bits per heavy atom. The summed E-state index contributed by atoms with van der Waals surface area (Å²) in [5, 5.41) is 19.3. The first kappa shape index (κ1) is 11.6. The number of carboxylic acids is 1. The van der Waals surface area contributed by atoms with E-state index in [1.807, 2.05) is 0 Å². The van der Waals surface area contributed by atoms with Crippen LogP contribution in [0.3, 0.4) is 0 Å². The Morgan fingerprint density at radius 3 is 3.12 bits per heavy atom. The van der Waals surface area contributed by atoms with E-state index in [-0.39, 0.29) is 18.2 Å². The largest absolute Gasteiger partial charge is 0.481 e. The first-order valence-electron chi connectivity index (χ1n) is 5.48. The van der Waals surface area contributed by atoms with Crippen molar-refractivity contribution in [2.24, 2.45) is 5.92 Å². The van der Waals surface area contributed by atoms with Gasteiger partial charge in [0.15, 0.2) is 0 Å². The van der Waals surface area contributed by atoms with Gasteiger partial charge in [-0.25, -0.2) is 0 Å². The van der Waals surface area contributed by atoms with Gasteiger partial charge in [0.25, 0.3) is 0 Å². The molecular weight excluding hydrogens is 226 g/mol. The van der Waals surface area contributed by atoms with E-state index in [1.165, 1.54) is 6.33 Å². The lowest BCUT2D eigenvalue weighted by molar-refractivity contribution is -0.390. The number of carbonyl (C=O) groups is 1. The van der Waals surface area contributed by atoms with Gasteiger partial charge >= 0.3 is 11.8 Å². The monoisotopic (exact) mass is 239 g/mol. The summed E-state index contributed by atoms with van der Waals surface area (Å²) in [5.74, 6) is -0.596. The van der Waals surface area contributed by atoms with Gasteiger partial charge < -0.3 is 19.8 Å². The zero-order valence-corrected chi connectivity index (χ0v) is 9.20. The van der Waals surface area contributed by atoms with Gasteiger partial charge in [0, 0.05) is 13.0 Å². The molecule has 7 nitrogen and oxygen atoms in total. The molecule has 1 aromatic heterocycles. The van der Waals surface area contributed by atoms with E-state index in [2.05, 4.69) is 4.98 Å². The lowest BCUT2D eigenvalue weighted by Crippen LogP contribution is -2.20. The molecule has 1 aromatic rings. The number of aromatic nitrogens is 2. The molecule has 0 saturated heterocycles. The van der Waals surface area contributed by atoms with Crippen LogP contribution in [0.25, 0.3) is 0 Å². The second-order valence-corrected chi connectivity index (χ2v) is 4.26. The summed E-state index contributed by atoms with van der Waals surface area (Å²) in [6, 6.07) is 0. The van der Waals surface area contributed by atoms with Gasteiger partial charge in [0.2, 0.25) is 6.33 Å². The Morgan fingerprint density at radius 2 is 2.47 bits per heavy atom. The maximum absolute atomic E-state index is 10.7. The summed E-state index contributed by atoms with van der Waals surface area (Å²) in [4.78, 5) is 24.5. The third kappa shape index (κ3) is 2.43. The maximum Gasteiger partial charge on any atom is 0.384 e. The maximum atomic E-state index is 10.7. The number of hydrogen-bond donors (Lipinski definition) is 1. The lowest BCUT2D eigenvalue weighted by atomic mass is 9.93. The highest BCUT2D eigenvalue weighted by Crippen LogP contribution is 2.28. The molecule has 0 fully saturated rings. The molecule has 1 unspecified atom stereocenters. The predicted molar refractivity (Wildman–Crippen MR) is 57.6 cm³/mol. The second kappa shape index (κ2) is 4.52. The van der Waals surface area contributed by atoms with Gasteiger partial charge in [-0.1, -0.05) is 0 Å². The second-order valence-electron chi connectivity index (χ2n) is 4.26. The van der Waals surface area contributed by atoms with Gasteiger partial charge in [0.1, 0.15) is 5.69 Å². The Kier molecular flexibility index (Phi) is 3.08. The molecule has 0 saturated carbocycles. The standard InChI is InChI=1S/C10H13N3O4/c14-9(15)4-2-7-1-3-8-10(13(16)17)11-6-12(8)5-7/h6-7H,1-5H2,(H,14,15). The van der Waals surface area contributed by atoms with Crippen LogP contribution < -0.4 is 0 Å². The highest BCUT2D eigenvalue weighted by atomic mass is 16.6. The van der Waals surface area contributed by atoms with Crippen LogP contribution in [0.1, 0.15) is 25.0 Å². The minimum atomic E-state index is -0.799. The van der Waals surface area contributed by atoms with Gasteiger partial charge in [0.05, 0.1) is 0 Å². The van der Waals surface area contributed by atoms with Crippen molar-refractivity contribution in [1.29, 1.82) is 0 Å². The van der Waals surface area contributed by atoms with Crippen LogP contribution in [0.2, 0.25) is 0 Å². The molecule has 1 aliphatic heterocycles. The van der Waals surface area contributed by atoms with Gasteiger partial charge in [-0.3, -0.25) is 4.79 Å². The molecule has 1 N–H and O–H groups in total. The van der Waals surface area contributed by atoms with Crippen molar-refractivity contribution in [2.45, 2.75) is 32.2 Å². The SMILES string of the molecule is O=C(O)CCC1CCc2c([N+](=O)[O-])ncn2C1. The van der Waals surface area contributed by atoms with Crippen LogP contribution in [0.5, 0.6) is 0 Å². The van der Waals surface area contributed by atoms with E-state index in [1.54, 1.807) is 4.57 Å². The van der Waals surface area contributed by atoms with Crippen molar-refractivity contribution in [1.82, 2.24) is 9.55 Å². The van der Waals surface area contributed by atoms with Crippen LogP contribution >= 0.6 is 0 Å². The number of nitro groups is 1. The average molecular weight is 239 g/mol. The molecule has 2 rings (SSSR count). The number of nitrogens with zero attached hydrogens (tertiary/aromatic N) is 3. The molecule has 0 bridgehead atoms. The zero-order chi connectivity index (χ0) is 12.4. The third-order valence-electron chi connectivity index (χ3n) is 3.11. The Hall–Kier alpha value is -1.92. The van der Waals surface area contributed by atoms with E-state index in [4.69, 9.17) is 5.11 Å². The van der Waals surface area contributed by atoms with Crippen molar-refractivity contribution >= 4 is 11.8 Å². The normalized spacial score (nSPS) is 18.7. The van der Waals surface area contributed by atoms with E-state index in [0.717, 1.165) is 6.42 Å². The number of carboxylic acid groups (broad SMARTS) is 1. The summed E-state index contributed by atoms with van der Waals surface area (Å²) in [7, 11) is 0. The van der Waals surface area contributed by atoms with Crippen molar-refractivity contribution < 1.29 is 14.8 Å². The fourth-order valence-corrected chi connectivity index (χ4v) is 2.24. The van der Waals surface area contributed by atoms with Crippen LogP contribution in [-0.4, -0.2) is 25.6 Å². The molecule has 0 spiro atoms. The van der Waals surface area contributed by atoms with E-state index < -0.39 is 10.9 Å². The van der Waals surface area contributed by atoms with Gasteiger partial charge in [-0.2, -0.15) is 0 Å². The minimum absolute atomic E-state index is 0.0679. The molecule has 0 aromatic carbocycles. The first-order chi connectivity index (χ1) is 8.08. The van der Waals surface area contributed by atoms with Crippen LogP contribution in [0.15, 0.2) is 6.33 Å². The topological polar surface area (TPSA) is 98.3 Å². The summed E-state index contributed by atoms with van der Waals surface area (Å²) >= 11 is 0. The first-order valence-corrected chi connectivity index (χ1v) is 5.48. The predicted octanol–water partition coefficient (Wildman–Crippen LogP) is 1.22. The van der Waals surface area contributed by atoms with Crippen LogP contribution in [0.4, 0.5) is 5.82 Å². The highest BCUT2D eigenvalue weighted by molar-refractivity contribution is 5.66. The molecule has 0 amide bonds. The molecule has 0 aliphatic carbocycles. The number of hydrogen-bond acceptors (Lipinski definition) is 4. The molecule has 92 valence electrons. The average Bonchev–Trinajstić information content (AvgIpc) is 2.69. The molecular formula is C10H13N3O4. The summed E-state index contributed by atoms with van der Waals surface area (Å²) in [5.41, 5.74) is 0.654.